The lowest BCUT2D eigenvalue weighted by Crippen LogP contribution is -2.25. The Balaban J connectivity index is 2.50. The highest BCUT2D eigenvalue weighted by Gasteiger charge is 2.10. The summed E-state index contributed by atoms with van der Waals surface area (Å²) in [5.41, 5.74) is 1.07. The van der Waals surface area contributed by atoms with E-state index in [9.17, 15) is 9.90 Å². The molecule has 0 fully saturated rings. The van der Waals surface area contributed by atoms with Crippen LogP contribution in [-0.2, 0) is 0 Å². The first-order valence-corrected chi connectivity index (χ1v) is 5.77. The summed E-state index contributed by atoms with van der Waals surface area (Å²) in [6.07, 6.45) is 1.06. The van der Waals surface area contributed by atoms with Gasteiger partial charge in [0.05, 0.1) is 6.10 Å². The second-order valence-corrected chi connectivity index (χ2v) is 4.20. The summed E-state index contributed by atoms with van der Waals surface area (Å²) in [4.78, 5) is 11.8. The molecule has 0 aliphatic rings. The minimum absolute atomic E-state index is 0.127. The maximum absolute atomic E-state index is 11.8. The third-order valence-electron chi connectivity index (χ3n) is 2.63. The van der Waals surface area contributed by atoms with Gasteiger partial charge in [0.1, 0.15) is 5.75 Å². The highest BCUT2D eigenvalue weighted by Crippen LogP contribution is 2.19. The van der Waals surface area contributed by atoms with Crippen LogP contribution in [0.3, 0.4) is 0 Å². The third kappa shape index (κ3) is 4.07. The summed E-state index contributed by atoms with van der Waals surface area (Å²) < 4.78 is 0. The van der Waals surface area contributed by atoms with E-state index >= 15 is 0 Å². The van der Waals surface area contributed by atoms with Crippen LogP contribution in [-0.4, -0.2) is 28.8 Å². The summed E-state index contributed by atoms with van der Waals surface area (Å²) in [5.74, 6) is -0.0642. The van der Waals surface area contributed by atoms with Crippen LogP contribution in [0.2, 0.25) is 0 Å². The predicted molar refractivity (Wildman–Crippen MR) is 66.1 cm³/mol. The van der Waals surface area contributed by atoms with Gasteiger partial charge in [-0.25, -0.2) is 0 Å². The Labute approximate surface area is 101 Å². The molecule has 0 aliphatic heterocycles. The van der Waals surface area contributed by atoms with E-state index in [-0.39, 0.29) is 17.8 Å². The molecule has 0 aliphatic carbocycles. The van der Waals surface area contributed by atoms with Crippen LogP contribution >= 0.6 is 0 Å². The molecule has 1 aromatic carbocycles. The molecule has 0 saturated carbocycles. The Morgan fingerprint density at radius 3 is 2.82 bits per heavy atom. The summed E-state index contributed by atoms with van der Waals surface area (Å²) in [7, 11) is 0. The van der Waals surface area contributed by atoms with Gasteiger partial charge in [-0.1, -0.05) is 6.07 Å². The minimum atomic E-state index is -0.339. The number of hydrogen-bond acceptors (Lipinski definition) is 3. The molecule has 1 aromatic rings. The Morgan fingerprint density at radius 1 is 1.47 bits per heavy atom. The number of aromatic hydroxyl groups is 1. The largest absolute Gasteiger partial charge is 0.508 e. The first-order chi connectivity index (χ1) is 8.02. The van der Waals surface area contributed by atoms with Gasteiger partial charge in [0.15, 0.2) is 0 Å². The molecule has 0 aromatic heterocycles. The maximum atomic E-state index is 11.8. The van der Waals surface area contributed by atoms with E-state index in [1.807, 2.05) is 0 Å². The first kappa shape index (κ1) is 13.5. The number of nitrogens with one attached hydrogen (secondary N) is 1. The topological polar surface area (TPSA) is 69.6 Å². The number of aliphatic hydroxyl groups is 1. The third-order valence-corrected chi connectivity index (χ3v) is 2.63. The van der Waals surface area contributed by atoms with Crippen molar-refractivity contribution in [3.05, 3.63) is 29.3 Å². The van der Waals surface area contributed by atoms with Crippen LogP contribution in [0.1, 0.15) is 35.7 Å². The van der Waals surface area contributed by atoms with Crippen molar-refractivity contribution in [2.45, 2.75) is 32.8 Å². The van der Waals surface area contributed by atoms with Gasteiger partial charge < -0.3 is 15.5 Å². The summed E-state index contributed by atoms with van der Waals surface area (Å²) in [6, 6.07) is 4.88. The van der Waals surface area contributed by atoms with Gasteiger partial charge in [-0.05, 0) is 38.8 Å². The van der Waals surface area contributed by atoms with Crippen LogP contribution in [0.4, 0.5) is 0 Å². The first-order valence-electron chi connectivity index (χ1n) is 5.77. The average molecular weight is 237 g/mol. The molecule has 1 unspecified atom stereocenters. The summed E-state index contributed by atoms with van der Waals surface area (Å²) in [5, 5.41) is 21.3. The average Bonchev–Trinajstić information content (AvgIpc) is 2.27. The number of carbonyl (C=O) groups excluding carboxylic acids is 1. The van der Waals surface area contributed by atoms with Crippen LogP contribution in [0.5, 0.6) is 5.75 Å². The van der Waals surface area contributed by atoms with E-state index in [0.29, 0.717) is 24.1 Å². The van der Waals surface area contributed by atoms with Crippen LogP contribution in [0.25, 0.3) is 0 Å². The van der Waals surface area contributed by atoms with Crippen molar-refractivity contribution in [3.63, 3.8) is 0 Å². The summed E-state index contributed by atoms with van der Waals surface area (Å²) in [6.45, 7) is 3.96. The van der Waals surface area contributed by atoms with Crippen molar-refractivity contribution in [2.24, 2.45) is 0 Å². The lowest BCUT2D eigenvalue weighted by Gasteiger charge is -2.09. The molecule has 4 heteroatoms. The zero-order valence-corrected chi connectivity index (χ0v) is 10.2. The van der Waals surface area contributed by atoms with Crippen LogP contribution in [0.15, 0.2) is 18.2 Å². The predicted octanol–water partition coefficient (Wildman–Crippen LogP) is 1.59. The molecule has 0 saturated heterocycles. The van der Waals surface area contributed by atoms with Gasteiger partial charge in [0.25, 0.3) is 5.91 Å². The fraction of sp³-hybridized carbons (Fsp3) is 0.462. The van der Waals surface area contributed by atoms with Crippen molar-refractivity contribution in [1.29, 1.82) is 0 Å². The zero-order chi connectivity index (χ0) is 12.8. The molecular weight excluding hydrogens is 218 g/mol. The van der Waals surface area contributed by atoms with E-state index in [4.69, 9.17) is 5.11 Å². The normalized spacial score (nSPS) is 12.2. The van der Waals surface area contributed by atoms with Gasteiger partial charge >= 0.3 is 0 Å². The van der Waals surface area contributed by atoms with Gasteiger partial charge in [0.2, 0.25) is 0 Å². The highest BCUT2D eigenvalue weighted by molar-refractivity contribution is 5.96. The number of benzene rings is 1. The van der Waals surface area contributed by atoms with Crippen molar-refractivity contribution in [2.75, 3.05) is 6.54 Å². The Morgan fingerprint density at radius 2 is 2.18 bits per heavy atom. The second kappa shape index (κ2) is 6.25. The molecule has 17 heavy (non-hydrogen) atoms. The minimum Gasteiger partial charge on any atom is -0.508 e. The molecule has 0 bridgehead atoms. The Bertz CT molecular complexity index is 388. The number of rotatable bonds is 5. The second-order valence-electron chi connectivity index (χ2n) is 4.20. The molecule has 0 spiro atoms. The van der Waals surface area contributed by atoms with Crippen molar-refractivity contribution < 1.29 is 15.0 Å². The Kier molecular flexibility index (Phi) is 4.97. The number of carbonyl (C=O) groups is 1. The SMILES string of the molecule is Cc1c(O)cccc1C(=O)NCCCC(C)O. The lowest BCUT2D eigenvalue weighted by molar-refractivity contribution is 0.0948. The molecule has 94 valence electrons. The van der Waals surface area contributed by atoms with E-state index in [0.717, 1.165) is 6.42 Å². The molecule has 0 heterocycles. The van der Waals surface area contributed by atoms with Crippen LogP contribution in [0, 0.1) is 6.92 Å². The number of amides is 1. The van der Waals surface area contributed by atoms with E-state index in [2.05, 4.69) is 5.32 Å². The van der Waals surface area contributed by atoms with E-state index in [1.54, 1.807) is 32.0 Å². The standard InChI is InChI=1S/C13H19NO3/c1-9(15)5-4-8-14-13(17)11-6-3-7-12(16)10(11)2/h3,6-7,9,15-16H,4-5,8H2,1-2H3,(H,14,17). The van der Waals surface area contributed by atoms with E-state index in [1.165, 1.54) is 0 Å². The van der Waals surface area contributed by atoms with E-state index < -0.39 is 0 Å². The zero-order valence-electron chi connectivity index (χ0n) is 10.2. The molecule has 4 nitrogen and oxygen atoms in total. The number of hydrogen-bond donors (Lipinski definition) is 3. The fourth-order valence-corrected chi connectivity index (χ4v) is 1.56. The van der Waals surface area contributed by atoms with Crippen molar-refractivity contribution in [3.8, 4) is 5.75 Å². The Hall–Kier alpha value is -1.55. The number of phenols is 1. The maximum Gasteiger partial charge on any atom is 0.251 e. The van der Waals surface area contributed by atoms with Gasteiger partial charge in [-0.3, -0.25) is 4.79 Å². The molecule has 1 rings (SSSR count). The van der Waals surface area contributed by atoms with Crippen LogP contribution < -0.4 is 5.32 Å². The molecule has 1 atom stereocenters. The fourth-order valence-electron chi connectivity index (χ4n) is 1.56. The number of aliphatic hydroxyl groups excluding tert-OH is 1. The molecule has 3 N–H and O–H groups in total. The van der Waals surface area contributed by atoms with Gasteiger partial charge in [-0.2, -0.15) is 0 Å². The smallest absolute Gasteiger partial charge is 0.251 e. The van der Waals surface area contributed by atoms with Crippen molar-refractivity contribution in [1.82, 2.24) is 5.32 Å². The monoisotopic (exact) mass is 237 g/mol. The van der Waals surface area contributed by atoms with Gasteiger partial charge in [-0.15, -0.1) is 0 Å². The highest BCUT2D eigenvalue weighted by atomic mass is 16.3. The quantitative estimate of drug-likeness (QED) is 0.681. The molecular formula is C13H19NO3. The lowest BCUT2D eigenvalue weighted by atomic mass is 10.1. The molecule has 1 amide bonds. The number of phenolic OH excluding ortho intramolecular Hbond substituents is 1. The van der Waals surface area contributed by atoms with Gasteiger partial charge in [0, 0.05) is 17.7 Å². The van der Waals surface area contributed by atoms with Crippen molar-refractivity contribution >= 4 is 5.91 Å². The summed E-state index contributed by atoms with van der Waals surface area (Å²) >= 11 is 0. The molecule has 0 radical (unpaired) electrons.